The Hall–Kier alpha value is -1.22. The molecule has 0 aromatic heterocycles. The fraction of sp³-hybridized carbons (Fsp3) is 0.600. The van der Waals surface area contributed by atoms with Gasteiger partial charge in [-0.15, -0.1) is 0 Å². The maximum atomic E-state index is 5.81. The molecule has 0 unspecified atom stereocenters. The number of hydrogen-bond donors (Lipinski definition) is 1. The van der Waals surface area contributed by atoms with Gasteiger partial charge in [0.2, 0.25) is 0 Å². The molecule has 0 saturated carbocycles. The molecule has 18 heavy (non-hydrogen) atoms. The van der Waals surface area contributed by atoms with Crippen LogP contribution >= 0.6 is 0 Å². The zero-order valence-electron chi connectivity index (χ0n) is 12.5. The van der Waals surface area contributed by atoms with Gasteiger partial charge in [0.25, 0.3) is 0 Å². The fourth-order valence-electron chi connectivity index (χ4n) is 2.35. The van der Waals surface area contributed by atoms with E-state index >= 15 is 0 Å². The van der Waals surface area contributed by atoms with Crippen molar-refractivity contribution < 1.29 is 4.74 Å². The largest absolute Gasteiger partial charge is 0.495 e. The number of rotatable bonds is 5. The number of anilines is 1. The van der Waals surface area contributed by atoms with Gasteiger partial charge in [-0.3, -0.25) is 0 Å². The summed E-state index contributed by atoms with van der Waals surface area (Å²) in [5, 5.41) is 0. The lowest BCUT2D eigenvalue weighted by molar-refractivity contribution is 0.379. The zero-order valence-corrected chi connectivity index (χ0v) is 12.5. The van der Waals surface area contributed by atoms with E-state index in [0.29, 0.717) is 6.54 Å². The van der Waals surface area contributed by atoms with E-state index in [-0.39, 0.29) is 5.41 Å². The number of aryl methyl sites for hydroxylation is 2. The molecule has 1 rings (SSSR count). The Labute approximate surface area is 111 Å². The van der Waals surface area contributed by atoms with Crippen molar-refractivity contribution in [2.75, 3.05) is 32.1 Å². The average Bonchev–Trinajstić information content (AvgIpc) is 2.26. The smallest absolute Gasteiger partial charge is 0.142 e. The van der Waals surface area contributed by atoms with E-state index in [9.17, 15) is 0 Å². The summed E-state index contributed by atoms with van der Waals surface area (Å²) in [5.74, 6) is 0.933. The minimum Gasteiger partial charge on any atom is -0.495 e. The van der Waals surface area contributed by atoms with Crippen molar-refractivity contribution in [1.82, 2.24) is 0 Å². The van der Waals surface area contributed by atoms with Gasteiger partial charge in [0.1, 0.15) is 5.75 Å². The van der Waals surface area contributed by atoms with Crippen LogP contribution in [0.5, 0.6) is 5.75 Å². The SMILES string of the molecule is COc1cc(C)cc(C)c1N(C)CC(C)(C)CN. The quantitative estimate of drug-likeness (QED) is 0.873. The second kappa shape index (κ2) is 5.61. The van der Waals surface area contributed by atoms with E-state index in [1.54, 1.807) is 7.11 Å². The Morgan fingerprint density at radius 2 is 1.89 bits per heavy atom. The van der Waals surface area contributed by atoms with Crippen LogP contribution in [0.1, 0.15) is 25.0 Å². The molecule has 0 aliphatic rings. The predicted octanol–water partition coefficient (Wildman–Crippen LogP) is 2.73. The Bertz CT molecular complexity index is 413. The minimum absolute atomic E-state index is 0.0943. The highest BCUT2D eigenvalue weighted by Crippen LogP contribution is 2.34. The van der Waals surface area contributed by atoms with Crippen molar-refractivity contribution in [3.8, 4) is 5.75 Å². The molecular weight excluding hydrogens is 224 g/mol. The number of ether oxygens (including phenoxy) is 1. The third-order valence-electron chi connectivity index (χ3n) is 3.23. The molecule has 102 valence electrons. The molecule has 3 nitrogen and oxygen atoms in total. The summed E-state index contributed by atoms with van der Waals surface area (Å²) in [6, 6.07) is 4.26. The topological polar surface area (TPSA) is 38.5 Å². The van der Waals surface area contributed by atoms with Gasteiger partial charge >= 0.3 is 0 Å². The van der Waals surface area contributed by atoms with Crippen molar-refractivity contribution in [1.29, 1.82) is 0 Å². The van der Waals surface area contributed by atoms with Crippen LogP contribution in [-0.2, 0) is 0 Å². The van der Waals surface area contributed by atoms with Crippen LogP contribution in [0.4, 0.5) is 5.69 Å². The van der Waals surface area contributed by atoms with Gasteiger partial charge in [0, 0.05) is 13.6 Å². The number of benzene rings is 1. The normalized spacial score (nSPS) is 11.5. The number of nitrogens with two attached hydrogens (primary N) is 1. The monoisotopic (exact) mass is 250 g/mol. The molecule has 3 heteroatoms. The summed E-state index contributed by atoms with van der Waals surface area (Å²) < 4.78 is 5.50. The van der Waals surface area contributed by atoms with Crippen LogP contribution < -0.4 is 15.4 Å². The van der Waals surface area contributed by atoms with E-state index in [0.717, 1.165) is 18.0 Å². The third-order valence-corrected chi connectivity index (χ3v) is 3.23. The zero-order chi connectivity index (χ0) is 13.9. The fourth-order valence-corrected chi connectivity index (χ4v) is 2.35. The van der Waals surface area contributed by atoms with Crippen LogP contribution in [-0.4, -0.2) is 27.2 Å². The van der Waals surface area contributed by atoms with Crippen molar-refractivity contribution in [3.63, 3.8) is 0 Å². The molecule has 0 heterocycles. The van der Waals surface area contributed by atoms with Crippen molar-refractivity contribution in [2.45, 2.75) is 27.7 Å². The molecule has 1 aromatic carbocycles. The van der Waals surface area contributed by atoms with E-state index < -0.39 is 0 Å². The molecule has 1 aromatic rings. The summed E-state index contributed by atoms with van der Waals surface area (Å²) in [4.78, 5) is 2.24. The molecule has 0 spiro atoms. The number of methoxy groups -OCH3 is 1. The molecule has 0 aliphatic heterocycles. The summed E-state index contributed by atoms with van der Waals surface area (Å²) in [5.41, 5.74) is 9.52. The Morgan fingerprint density at radius 1 is 1.28 bits per heavy atom. The van der Waals surface area contributed by atoms with Crippen LogP contribution in [0, 0.1) is 19.3 Å². The van der Waals surface area contributed by atoms with Gasteiger partial charge in [0.05, 0.1) is 12.8 Å². The summed E-state index contributed by atoms with van der Waals surface area (Å²) >= 11 is 0. The molecule has 0 fully saturated rings. The van der Waals surface area contributed by atoms with Crippen LogP contribution in [0.2, 0.25) is 0 Å². The highest BCUT2D eigenvalue weighted by Gasteiger charge is 2.21. The van der Waals surface area contributed by atoms with Gasteiger partial charge in [0.15, 0.2) is 0 Å². The molecule has 0 atom stereocenters. The minimum atomic E-state index is 0.0943. The van der Waals surface area contributed by atoms with Crippen molar-refractivity contribution in [3.05, 3.63) is 23.3 Å². The highest BCUT2D eigenvalue weighted by molar-refractivity contribution is 5.64. The number of hydrogen-bond acceptors (Lipinski definition) is 3. The lowest BCUT2D eigenvalue weighted by atomic mass is 9.92. The van der Waals surface area contributed by atoms with Crippen LogP contribution in [0.25, 0.3) is 0 Å². The van der Waals surface area contributed by atoms with Gasteiger partial charge in [-0.2, -0.15) is 0 Å². The maximum Gasteiger partial charge on any atom is 0.142 e. The van der Waals surface area contributed by atoms with Gasteiger partial charge in [-0.05, 0) is 43.0 Å². The lowest BCUT2D eigenvalue weighted by Gasteiger charge is -2.32. The van der Waals surface area contributed by atoms with Gasteiger partial charge in [-0.25, -0.2) is 0 Å². The summed E-state index contributed by atoms with van der Waals surface area (Å²) in [6.45, 7) is 10.1. The van der Waals surface area contributed by atoms with E-state index in [4.69, 9.17) is 10.5 Å². The first-order chi connectivity index (χ1) is 8.30. The molecule has 0 radical (unpaired) electrons. The molecule has 2 N–H and O–H groups in total. The molecular formula is C15H26N2O. The summed E-state index contributed by atoms with van der Waals surface area (Å²) in [7, 11) is 3.82. The number of nitrogens with zero attached hydrogens (tertiary/aromatic N) is 1. The van der Waals surface area contributed by atoms with Crippen LogP contribution in [0.3, 0.4) is 0 Å². The van der Waals surface area contributed by atoms with Crippen molar-refractivity contribution in [2.24, 2.45) is 11.1 Å². The van der Waals surface area contributed by atoms with Gasteiger partial charge < -0.3 is 15.4 Å². The van der Waals surface area contributed by atoms with E-state index in [2.05, 4.69) is 51.8 Å². The molecule has 0 saturated heterocycles. The molecule has 0 aliphatic carbocycles. The van der Waals surface area contributed by atoms with Crippen molar-refractivity contribution >= 4 is 5.69 Å². The Balaban J connectivity index is 3.08. The second-order valence-corrected chi connectivity index (χ2v) is 5.86. The molecule has 0 bridgehead atoms. The standard InChI is InChI=1S/C15H26N2O/c1-11-7-12(2)14(13(8-11)18-6)17(5)10-15(3,4)9-16/h7-8H,9-10,16H2,1-6H3. The predicted molar refractivity (Wildman–Crippen MR) is 78.6 cm³/mol. The van der Waals surface area contributed by atoms with Gasteiger partial charge in [-0.1, -0.05) is 19.9 Å². The second-order valence-electron chi connectivity index (χ2n) is 5.86. The summed E-state index contributed by atoms with van der Waals surface area (Å²) in [6.07, 6.45) is 0. The van der Waals surface area contributed by atoms with E-state index in [1.807, 2.05) is 0 Å². The Kier molecular flexibility index (Phi) is 4.63. The molecule has 0 amide bonds. The first kappa shape index (κ1) is 14.8. The van der Waals surface area contributed by atoms with E-state index in [1.165, 1.54) is 11.1 Å². The maximum absolute atomic E-state index is 5.81. The highest BCUT2D eigenvalue weighted by atomic mass is 16.5. The first-order valence-electron chi connectivity index (χ1n) is 6.37. The Morgan fingerprint density at radius 3 is 2.39 bits per heavy atom. The van der Waals surface area contributed by atoms with Crippen LogP contribution in [0.15, 0.2) is 12.1 Å². The lowest BCUT2D eigenvalue weighted by Crippen LogP contribution is -2.37. The average molecular weight is 250 g/mol. The third kappa shape index (κ3) is 3.39. The first-order valence-corrected chi connectivity index (χ1v) is 6.37.